The van der Waals surface area contributed by atoms with Crippen molar-refractivity contribution in [2.75, 3.05) is 9.80 Å². The summed E-state index contributed by atoms with van der Waals surface area (Å²) in [6.07, 6.45) is 0. The maximum atomic E-state index is 6.31. The standard InChI is InChI=1S/C65H46N4O2/c1-65(2)57-41-53(68(49-25-13-21-45(37-49)43-17-5-3-6-18-43)51-27-15-23-47(39-51)63-66-59-29-9-11-31-61(59)70-63)33-35-55(57)56-36-34-54(42-58(56)65)69(50-26-14-22-46(38-50)44-19-7-4-8-20-44)52-28-16-24-48(40-52)64-67-60-30-10-12-32-62(60)71-64/h3-42H,1-2H3. The number of oxazole rings is 2. The van der Waals surface area contributed by atoms with Crippen molar-refractivity contribution >= 4 is 56.3 Å². The van der Waals surface area contributed by atoms with Gasteiger partial charge in [0.2, 0.25) is 11.8 Å². The molecule has 0 N–H and O–H groups in total. The summed E-state index contributed by atoms with van der Waals surface area (Å²) in [6, 6.07) is 85.5. The third kappa shape index (κ3) is 7.54. The van der Waals surface area contributed by atoms with Crippen LogP contribution in [0.15, 0.2) is 251 Å². The Labute approximate surface area is 412 Å². The third-order valence-electron chi connectivity index (χ3n) is 13.9. The van der Waals surface area contributed by atoms with Gasteiger partial charge in [0.05, 0.1) is 0 Å². The molecule has 0 aliphatic heterocycles. The molecule has 0 saturated carbocycles. The number of nitrogens with zero attached hydrogens (tertiary/aromatic N) is 4. The topological polar surface area (TPSA) is 58.5 Å². The van der Waals surface area contributed by atoms with E-state index in [4.69, 9.17) is 18.8 Å². The molecular formula is C65H46N4O2. The van der Waals surface area contributed by atoms with E-state index in [1.807, 2.05) is 48.5 Å². The number of benzene rings is 10. The molecule has 0 atom stereocenters. The van der Waals surface area contributed by atoms with E-state index in [-0.39, 0.29) is 5.41 Å². The summed E-state index contributed by atoms with van der Waals surface area (Å²) in [5, 5.41) is 0. The van der Waals surface area contributed by atoms with Crippen LogP contribution in [0, 0.1) is 0 Å². The summed E-state index contributed by atoms with van der Waals surface area (Å²) >= 11 is 0. The Morgan fingerprint density at radius 1 is 0.310 bits per heavy atom. The summed E-state index contributed by atoms with van der Waals surface area (Å²) in [7, 11) is 0. The third-order valence-corrected chi connectivity index (χ3v) is 13.9. The van der Waals surface area contributed by atoms with Gasteiger partial charge in [0, 0.05) is 50.7 Å². The molecule has 1 aliphatic rings. The molecule has 0 fully saturated rings. The van der Waals surface area contributed by atoms with E-state index >= 15 is 0 Å². The van der Waals surface area contributed by atoms with Crippen LogP contribution in [-0.4, -0.2) is 9.97 Å². The zero-order valence-electron chi connectivity index (χ0n) is 39.2. The Hall–Kier alpha value is -9.26. The monoisotopic (exact) mass is 914 g/mol. The molecule has 338 valence electrons. The van der Waals surface area contributed by atoms with E-state index in [0.717, 1.165) is 89.7 Å². The van der Waals surface area contributed by atoms with Gasteiger partial charge >= 0.3 is 0 Å². The van der Waals surface area contributed by atoms with E-state index in [9.17, 15) is 0 Å². The zero-order chi connectivity index (χ0) is 47.5. The second kappa shape index (κ2) is 17.1. The first-order chi connectivity index (χ1) is 34.9. The van der Waals surface area contributed by atoms with E-state index in [1.165, 1.54) is 22.3 Å². The first-order valence-corrected chi connectivity index (χ1v) is 24.0. The molecule has 2 aromatic heterocycles. The van der Waals surface area contributed by atoms with Crippen molar-refractivity contribution in [3.05, 3.63) is 254 Å². The Kier molecular flexibility index (Phi) is 10.1. The second-order valence-corrected chi connectivity index (χ2v) is 18.7. The smallest absolute Gasteiger partial charge is 0.227 e. The van der Waals surface area contributed by atoms with Crippen molar-refractivity contribution in [3.63, 3.8) is 0 Å². The number of hydrogen-bond donors (Lipinski definition) is 0. The van der Waals surface area contributed by atoms with Crippen LogP contribution >= 0.6 is 0 Å². The highest BCUT2D eigenvalue weighted by Crippen LogP contribution is 2.53. The van der Waals surface area contributed by atoms with E-state index in [0.29, 0.717) is 11.8 Å². The number of fused-ring (bicyclic) bond motifs is 5. The Morgan fingerprint density at radius 3 is 1.06 bits per heavy atom. The molecule has 71 heavy (non-hydrogen) atoms. The molecule has 0 unspecified atom stereocenters. The van der Waals surface area contributed by atoms with Crippen molar-refractivity contribution in [1.82, 2.24) is 9.97 Å². The Bertz CT molecular complexity index is 3620. The van der Waals surface area contributed by atoms with Gasteiger partial charge in [-0.05, 0) is 154 Å². The minimum atomic E-state index is -0.355. The number of anilines is 6. The molecule has 0 radical (unpaired) electrons. The number of aromatic nitrogens is 2. The van der Waals surface area contributed by atoms with Crippen LogP contribution in [0.4, 0.5) is 34.1 Å². The SMILES string of the molecule is CC1(C)c2cc(N(c3cccc(-c4ccccc4)c3)c3cccc(-c4nc5ccccc5o4)c3)ccc2-c2ccc(N(c3cccc(-c4ccccc4)c3)c3cccc(-c4nc5ccccc5o4)c3)cc21. The van der Waals surface area contributed by atoms with Gasteiger partial charge in [0.25, 0.3) is 0 Å². The highest BCUT2D eigenvalue weighted by Gasteiger charge is 2.37. The maximum Gasteiger partial charge on any atom is 0.227 e. The van der Waals surface area contributed by atoms with Crippen LogP contribution in [0.1, 0.15) is 25.0 Å². The van der Waals surface area contributed by atoms with Crippen molar-refractivity contribution in [3.8, 4) is 56.3 Å². The van der Waals surface area contributed by atoms with Gasteiger partial charge in [-0.3, -0.25) is 0 Å². The maximum absolute atomic E-state index is 6.31. The molecule has 0 saturated heterocycles. The quantitative estimate of drug-likeness (QED) is 0.136. The van der Waals surface area contributed by atoms with Gasteiger partial charge in [0.1, 0.15) is 11.0 Å². The largest absolute Gasteiger partial charge is 0.436 e. The van der Waals surface area contributed by atoms with Gasteiger partial charge in [-0.1, -0.05) is 147 Å². The molecule has 6 nitrogen and oxygen atoms in total. The molecule has 0 spiro atoms. The molecule has 10 aromatic carbocycles. The van der Waals surface area contributed by atoms with E-state index < -0.39 is 0 Å². The van der Waals surface area contributed by atoms with Crippen molar-refractivity contribution < 1.29 is 8.83 Å². The lowest BCUT2D eigenvalue weighted by molar-refractivity contribution is 0.619. The molecule has 6 heteroatoms. The lowest BCUT2D eigenvalue weighted by Crippen LogP contribution is -2.17. The van der Waals surface area contributed by atoms with Crippen LogP contribution in [-0.2, 0) is 5.41 Å². The Morgan fingerprint density at radius 2 is 0.648 bits per heavy atom. The number of para-hydroxylation sites is 4. The van der Waals surface area contributed by atoms with Crippen molar-refractivity contribution in [2.24, 2.45) is 0 Å². The summed E-state index contributed by atoms with van der Waals surface area (Å²) in [5.41, 5.74) is 20.4. The molecule has 13 rings (SSSR count). The first kappa shape index (κ1) is 41.9. The first-order valence-electron chi connectivity index (χ1n) is 24.0. The van der Waals surface area contributed by atoms with Crippen molar-refractivity contribution in [1.29, 1.82) is 0 Å². The van der Waals surface area contributed by atoms with Gasteiger partial charge in [-0.25, -0.2) is 9.97 Å². The Balaban J connectivity index is 0.925. The number of hydrogen-bond acceptors (Lipinski definition) is 6. The average Bonchev–Trinajstić information content (AvgIpc) is 4.13. The minimum absolute atomic E-state index is 0.355. The normalized spacial score (nSPS) is 12.5. The van der Waals surface area contributed by atoms with Crippen LogP contribution in [0.25, 0.3) is 78.5 Å². The second-order valence-electron chi connectivity index (χ2n) is 18.7. The van der Waals surface area contributed by atoms with Gasteiger partial charge in [-0.15, -0.1) is 0 Å². The van der Waals surface area contributed by atoms with Crippen LogP contribution in [0.2, 0.25) is 0 Å². The summed E-state index contributed by atoms with van der Waals surface area (Å²) < 4.78 is 12.6. The average molecular weight is 915 g/mol. The van der Waals surface area contributed by atoms with Crippen molar-refractivity contribution in [2.45, 2.75) is 19.3 Å². The van der Waals surface area contributed by atoms with Gasteiger partial charge in [-0.2, -0.15) is 0 Å². The predicted molar refractivity (Wildman–Crippen MR) is 290 cm³/mol. The van der Waals surface area contributed by atoms with Crippen LogP contribution in [0.3, 0.4) is 0 Å². The fourth-order valence-corrected chi connectivity index (χ4v) is 10.3. The highest BCUT2D eigenvalue weighted by molar-refractivity contribution is 5.90. The summed E-state index contributed by atoms with van der Waals surface area (Å²) in [5.74, 6) is 1.18. The summed E-state index contributed by atoms with van der Waals surface area (Å²) in [6.45, 7) is 4.71. The molecule has 0 amide bonds. The molecule has 0 bridgehead atoms. The zero-order valence-corrected chi connectivity index (χ0v) is 39.2. The molecular weight excluding hydrogens is 869 g/mol. The lowest BCUT2D eigenvalue weighted by Gasteiger charge is -2.29. The fourth-order valence-electron chi connectivity index (χ4n) is 10.3. The number of rotatable bonds is 10. The van der Waals surface area contributed by atoms with E-state index in [1.54, 1.807) is 0 Å². The van der Waals surface area contributed by atoms with E-state index in [2.05, 4.69) is 218 Å². The lowest BCUT2D eigenvalue weighted by atomic mass is 9.82. The molecule has 2 heterocycles. The van der Waals surface area contributed by atoms with Crippen LogP contribution in [0.5, 0.6) is 0 Å². The van der Waals surface area contributed by atoms with Gasteiger partial charge in [0.15, 0.2) is 11.2 Å². The predicted octanol–water partition coefficient (Wildman–Crippen LogP) is 17.9. The van der Waals surface area contributed by atoms with Gasteiger partial charge < -0.3 is 18.6 Å². The fraction of sp³-hybridized carbons (Fsp3) is 0.0462. The highest BCUT2D eigenvalue weighted by atomic mass is 16.4. The molecule has 1 aliphatic carbocycles. The minimum Gasteiger partial charge on any atom is -0.436 e. The molecule has 12 aromatic rings. The van der Waals surface area contributed by atoms with Crippen LogP contribution < -0.4 is 9.80 Å². The summed E-state index contributed by atoms with van der Waals surface area (Å²) in [4.78, 5) is 14.5.